The number of aromatic nitrogens is 1. The second-order valence-corrected chi connectivity index (χ2v) is 9.28. The van der Waals surface area contributed by atoms with Crippen molar-refractivity contribution in [2.45, 2.75) is 19.4 Å². The van der Waals surface area contributed by atoms with Gasteiger partial charge < -0.3 is 14.6 Å². The molecular formula is C28H24N2O5S. The zero-order chi connectivity index (χ0) is 25.4. The summed E-state index contributed by atoms with van der Waals surface area (Å²) < 4.78 is 12.1. The molecule has 5 rings (SSSR count). The van der Waals surface area contributed by atoms with Crippen LogP contribution in [0.1, 0.15) is 29.7 Å². The lowest BCUT2D eigenvalue weighted by atomic mass is 9.94. The third-order valence-electron chi connectivity index (χ3n) is 6.28. The molecule has 2 heterocycles. The fourth-order valence-corrected chi connectivity index (χ4v) is 5.54. The summed E-state index contributed by atoms with van der Waals surface area (Å²) in [5, 5.41) is 11.7. The number of fused-ring (bicyclic) bond motifs is 1. The highest BCUT2D eigenvalue weighted by Crippen LogP contribution is 2.48. The summed E-state index contributed by atoms with van der Waals surface area (Å²) in [4.78, 5) is 33.0. The second kappa shape index (κ2) is 9.47. The van der Waals surface area contributed by atoms with Crippen molar-refractivity contribution in [3.63, 3.8) is 0 Å². The molecule has 0 bridgehead atoms. The number of ether oxygens (including phenoxy) is 2. The van der Waals surface area contributed by atoms with Crippen molar-refractivity contribution in [1.82, 2.24) is 4.98 Å². The van der Waals surface area contributed by atoms with E-state index in [0.29, 0.717) is 27.8 Å². The number of carbonyl (C=O) groups excluding carboxylic acids is 2. The third kappa shape index (κ3) is 3.79. The van der Waals surface area contributed by atoms with E-state index in [-0.39, 0.29) is 11.3 Å². The molecule has 4 aromatic rings. The van der Waals surface area contributed by atoms with Gasteiger partial charge in [0.2, 0.25) is 0 Å². The van der Waals surface area contributed by atoms with Crippen LogP contribution in [0.15, 0.2) is 72.3 Å². The van der Waals surface area contributed by atoms with Crippen molar-refractivity contribution in [3.05, 3.63) is 89.0 Å². The molecule has 1 amide bonds. The molecule has 1 aliphatic heterocycles. The van der Waals surface area contributed by atoms with Crippen LogP contribution in [0.2, 0.25) is 0 Å². The van der Waals surface area contributed by atoms with Crippen LogP contribution in [-0.4, -0.2) is 36.0 Å². The average molecular weight is 501 g/mol. The van der Waals surface area contributed by atoms with Crippen LogP contribution in [0.5, 0.6) is 11.5 Å². The van der Waals surface area contributed by atoms with Gasteiger partial charge in [0.05, 0.1) is 30.0 Å². The van der Waals surface area contributed by atoms with Crippen LogP contribution in [0.4, 0.5) is 5.13 Å². The van der Waals surface area contributed by atoms with Gasteiger partial charge in [0.15, 0.2) is 16.6 Å². The van der Waals surface area contributed by atoms with Crippen LogP contribution < -0.4 is 14.4 Å². The Bertz CT molecular complexity index is 1510. The Morgan fingerprint density at radius 2 is 1.81 bits per heavy atom. The first-order valence-electron chi connectivity index (χ1n) is 11.4. The molecule has 1 unspecified atom stereocenters. The van der Waals surface area contributed by atoms with Gasteiger partial charge in [-0.25, -0.2) is 4.98 Å². The monoisotopic (exact) mass is 500 g/mol. The Balaban J connectivity index is 1.78. The van der Waals surface area contributed by atoms with E-state index in [4.69, 9.17) is 14.5 Å². The van der Waals surface area contributed by atoms with Crippen molar-refractivity contribution >= 4 is 44.1 Å². The second-order valence-electron chi connectivity index (χ2n) is 8.27. The summed E-state index contributed by atoms with van der Waals surface area (Å²) >= 11 is 1.33. The third-order valence-corrected chi connectivity index (χ3v) is 7.29. The highest BCUT2D eigenvalue weighted by Gasteiger charge is 2.49. The normalized spacial score (nSPS) is 17.1. The number of aliphatic hydroxyl groups excluding tert-OH is 1. The number of anilines is 1. The number of aliphatic hydroxyl groups is 1. The number of Topliss-reactive ketones (excluding diaryl/α,β-unsaturated/α-hetero) is 1. The van der Waals surface area contributed by atoms with Crippen LogP contribution in [-0.2, 0) is 16.0 Å². The lowest BCUT2D eigenvalue weighted by molar-refractivity contribution is -0.132. The van der Waals surface area contributed by atoms with E-state index in [2.05, 4.69) is 6.92 Å². The van der Waals surface area contributed by atoms with Gasteiger partial charge in [-0.05, 0) is 30.2 Å². The fourth-order valence-electron chi connectivity index (χ4n) is 4.48. The van der Waals surface area contributed by atoms with Crippen LogP contribution >= 0.6 is 11.3 Å². The van der Waals surface area contributed by atoms with Crippen molar-refractivity contribution in [2.75, 3.05) is 19.1 Å². The summed E-state index contributed by atoms with van der Waals surface area (Å²) in [6.07, 6.45) is 0.867. The maximum Gasteiger partial charge on any atom is 0.301 e. The average Bonchev–Trinajstić information content (AvgIpc) is 3.45. The molecule has 0 aliphatic carbocycles. The van der Waals surface area contributed by atoms with Crippen LogP contribution in [0, 0.1) is 0 Å². The lowest BCUT2D eigenvalue weighted by Crippen LogP contribution is -2.29. The van der Waals surface area contributed by atoms with Gasteiger partial charge in [-0.15, -0.1) is 0 Å². The van der Waals surface area contributed by atoms with E-state index in [9.17, 15) is 14.7 Å². The van der Waals surface area contributed by atoms with Gasteiger partial charge >= 0.3 is 5.91 Å². The van der Waals surface area contributed by atoms with Gasteiger partial charge in [-0.1, -0.05) is 66.8 Å². The minimum Gasteiger partial charge on any atom is -0.507 e. The van der Waals surface area contributed by atoms with Crippen molar-refractivity contribution < 1.29 is 24.2 Å². The highest BCUT2D eigenvalue weighted by molar-refractivity contribution is 7.22. The minimum atomic E-state index is -0.971. The molecule has 3 aromatic carbocycles. The summed E-state index contributed by atoms with van der Waals surface area (Å²) in [6.45, 7) is 2.07. The Kier molecular flexibility index (Phi) is 6.20. The predicted octanol–water partition coefficient (Wildman–Crippen LogP) is 5.50. The number of aryl methyl sites for hydroxylation is 1. The number of hydrogen-bond donors (Lipinski definition) is 1. The Morgan fingerprint density at radius 3 is 2.50 bits per heavy atom. The first-order chi connectivity index (χ1) is 17.5. The first kappa shape index (κ1) is 23.6. The van der Waals surface area contributed by atoms with E-state index >= 15 is 0 Å². The van der Waals surface area contributed by atoms with E-state index in [0.717, 1.165) is 22.2 Å². The number of amides is 1. The molecule has 0 spiro atoms. The number of thiazole rings is 1. The van der Waals surface area contributed by atoms with Gasteiger partial charge in [-0.3, -0.25) is 14.5 Å². The van der Waals surface area contributed by atoms with Gasteiger partial charge in [0, 0.05) is 11.1 Å². The van der Waals surface area contributed by atoms with Gasteiger partial charge in [0.1, 0.15) is 11.8 Å². The first-order valence-corrected chi connectivity index (χ1v) is 12.3. The molecule has 1 N–H and O–H groups in total. The number of ketones is 1. The van der Waals surface area contributed by atoms with E-state index in [1.165, 1.54) is 30.5 Å². The van der Waals surface area contributed by atoms with Crippen LogP contribution in [0.25, 0.3) is 16.0 Å². The Morgan fingerprint density at radius 1 is 1.03 bits per heavy atom. The molecule has 1 fully saturated rings. The Hall–Kier alpha value is -4.17. The smallest absolute Gasteiger partial charge is 0.301 e. The number of rotatable bonds is 6. The van der Waals surface area contributed by atoms with Gasteiger partial charge in [-0.2, -0.15) is 0 Å². The molecule has 0 radical (unpaired) electrons. The van der Waals surface area contributed by atoms with E-state index < -0.39 is 17.7 Å². The molecule has 36 heavy (non-hydrogen) atoms. The topological polar surface area (TPSA) is 89.0 Å². The molecule has 1 aromatic heterocycles. The molecule has 1 atom stereocenters. The van der Waals surface area contributed by atoms with Crippen molar-refractivity contribution in [2.24, 2.45) is 0 Å². The van der Waals surface area contributed by atoms with E-state index in [1.807, 2.05) is 24.3 Å². The van der Waals surface area contributed by atoms with Crippen molar-refractivity contribution in [3.8, 4) is 11.5 Å². The number of hydrogen-bond acceptors (Lipinski definition) is 7. The van der Waals surface area contributed by atoms with Gasteiger partial charge in [0.25, 0.3) is 5.78 Å². The number of nitrogens with zero attached hydrogens (tertiary/aromatic N) is 2. The minimum absolute atomic E-state index is 0.0359. The van der Waals surface area contributed by atoms with Crippen LogP contribution in [0.3, 0.4) is 0 Å². The van der Waals surface area contributed by atoms with E-state index in [1.54, 1.807) is 42.5 Å². The molecule has 0 saturated carbocycles. The highest BCUT2D eigenvalue weighted by atomic mass is 32.1. The maximum absolute atomic E-state index is 13.5. The molecule has 182 valence electrons. The fraction of sp³-hybridized carbons (Fsp3) is 0.179. The SMILES string of the molecule is CCc1ccc2nc(N3C(=O)C(=O)/C(=C(/O)c4ccccc4)C3c3cccc(OC)c3OC)sc2c1. The summed E-state index contributed by atoms with van der Waals surface area (Å²) in [5.74, 6) is -1.01. The van der Waals surface area contributed by atoms with Crippen molar-refractivity contribution in [1.29, 1.82) is 0 Å². The molecule has 1 saturated heterocycles. The standard InChI is InChI=1S/C28H24N2O5S/c1-4-16-13-14-19-21(15-16)36-28(29-19)30-23(18-11-8-12-20(34-2)26(18)35-3)22(25(32)27(30)33)24(31)17-9-6-5-7-10-17/h5-15,23,31H,4H2,1-3H3/b24-22+. The number of benzene rings is 3. The quantitative estimate of drug-likeness (QED) is 0.214. The largest absolute Gasteiger partial charge is 0.507 e. The molecule has 1 aliphatic rings. The maximum atomic E-state index is 13.5. The predicted molar refractivity (Wildman–Crippen MR) is 140 cm³/mol. The number of carbonyl (C=O) groups is 2. The number of methoxy groups -OCH3 is 2. The number of para-hydroxylation sites is 1. The molecular weight excluding hydrogens is 476 g/mol. The molecule has 7 nitrogen and oxygen atoms in total. The lowest BCUT2D eigenvalue weighted by Gasteiger charge is -2.25. The summed E-state index contributed by atoms with van der Waals surface area (Å²) in [6, 6.07) is 18.9. The summed E-state index contributed by atoms with van der Waals surface area (Å²) in [7, 11) is 3.01. The zero-order valence-corrected chi connectivity index (χ0v) is 20.8. The molecule has 8 heteroatoms. The summed E-state index contributed by atoms with van der Waals surface area (Å²) in [5.41, 5.74) is 2.77. The zero-order valence-electron chi connectivity index (χ0n) is 20.0. The Labute approximate surface area is 212 Å².